The molecule has 20 heavy (non-hydrogen) atoms. The van der Waals surface area contributed by atoms with Crippen LogP contribution in [0.5, 0.6) is 0 Å². The van der Waals surface area contributed by atoms with E-state index in [1.165, 1.54) is 4.57 Å². The second kappa shape index (κ2) is 4.90. The predicted octanol–water partition coefficient (Wildman–Crippen LogP) is 1.00. The van der Waals surface area contributed by atoms with E-state index in [4.69, 9.17) is 10.5 Å². The van der Waals surface area contributed by atoms with Gasteiger partial charge < -0.3 is 0 Å². The molecule has 0 saturated carbocycles. The fourth-order valence-electron chi connectivity index (χ4n) is 1.96. The van der Waals surface area contributed by atoms with Crippen LogP contribution in [-0.2, 0) is 14.1 Å². The van der Waals surface area contributed by atoms with Crippen molar-refractivity contribution in [2.45, 2.75) is 6.92 Å². The molecule has 0 fully saturated rings. The number of benzene rings is 1. The Hall–Kier alpha value is -3.06. The molecule has 1 N–H and O–H groups in total. The molecule has 1 aromatic carbocycles. The second-order valence-corrected chi connectivity index (χ2v) is 4.35. The summed E-state index contributed by atoms with van der Waals surface area (Å²) in [5, 5.41) is 21.0. The molecule has 0 aliphatic rings. The number of aromatic nitrogens is 2. The Balaban J connectivity index is 2.58. The van der Waals surface area contributed by atoms with Gasteiger partial charge in [0.2, 0.25) is 5.71 Å². The van der Waals surface area contributed by atoms with E-state index in [-0.39, 0.29) is 11.4 Å². The van der Waals surface area contributed by atoms with Gasteiger partial charge in [0, 0.05) is 14.1 Å². The highest BCUT2D eigenvalue weighted by Gasteiger charge is 2.10. The van der Waals surface area contributed by atoms with Crippen LogP contribution < -0.4 is 11.1 Å². The largest absolute Gasteiger partial charge is 0.328 e. The average Bonchev–Trinajstić information content (AvgIpc) is 2.65. The number of rotatable bonds is 2. The first-order valence-corrected chi connectivity index (χ1v) is 5.79. The maximum absolute atomic E-state index is 11.9. The molecule has 0 aliphatic carbocycles. The number of aryl methyl sites for hydroxylation is 3. The Morgan fingerprint density at radius 2 is 1.75 bits per heavy atom. The standard InChI is InChI=1S/C13H12N6O/c1-8-4-11-12(19(3)13(20)18(11)2)5-10(8)17-16-9(6-14)7-15/h4-5,17H,1-3H3. The van der Waals surface area contributed by atoms with E-state index in [2.05, 4.69) is 10.5 Å². The molecule has 100 valence electrons. The number of hydrazone groups is 1. The number of fused-ring (bicyclic) bond motifs is 1. The van der Waals surface area contributed by atoms with E-state index in [9.17, 15) is 4.79 Å². The first kappa shape index (κ1) is 13.4. The van der Waals surface area contributed by atoms with E-state index in [1.54, 1.807) is 36.9 Å². The summed E-state index contributed by atoms with van der Waals surface area (Å²) in [5.41, 5.74) is 5.36. The summed E-state index contributed by atoms with van der Waals surface area (Å²) in [6.07, 6.45) is 0. The predicted molar refractivity (Wildman–Crippen MR) is 75.2 cm³/mol. The first-order chi connectivity index (χ1) is 9.49. The van der Waals surface area contributed by atoms with Gasteiger partial charge >= 0.3 is 5.69 Å². The summed E-state index contributed by atoms with van der Waals surface area (Å²) in [6.45, 7) is 1.85. The Morgan fingerprint density at radius 1 is 1.20 bits per heavy atom. The minimum atomic E-state index is -0.258. The topological polar surface area (TPSA) is 98.9 Å². The number of nitrogens with one attached hydrogen (secondary N) is 1. The van der Waals surface area contributed by atoms with Crippen molar-refractivity contribution in [2.24, 2.45) is 19.2 Å². The molecular formula is C13H12N6O. The van der Waals surface area contributed by atoms with Gasteiger partial charge in [-0.1, -0.05) is 0 Å². The third kappa shape index (κ3) is 2.02. The van der Waals surface area contributed by atoms with Crippen molar-refractivity contribution in [3.63, 3.8) is 0 Å². The van der Waals surface area contributed by atoms with E-state index >= 15 is 0 Å². The quantitative estimate of drug-likeness (QED) is 0.648. The van der Waals surface area contributed by atoms with Gasteiger partial charge in [0.05, 0.1) is 16.7 Å². The fourth-order valence-corrected chi connectivity index (χ4v) is 1.96. The molecule has 1 heterocycles. The first-order valence-electron chi connectivity index (χ1n) is 5.79. The van der Waals surface area contributed by atoms with Crippen molar-refractivity contribution in [3.8, 4) is 12.1 Å². The Morgan fingerprint density at radius 3 is 2.30 bits per heavy atom. The third-order valence-electron chi connectivity index (χ3n) is 3.12. The molecule has 7 heteroatoms. The number of nitrogens with zero attached hydrogens (tertiary/aromatic N) is 5. The van der Waals surface area contributed by atoms with Gasteiger partial charge in [-0.2, -0.15) is 15.6 Å². The van der Waals surface area contributed by atoms with E-state index < -0.39 is 0 Å². The summed E-state index contributed by atoms with van der Waals surface area (Å²) in [4.78, 5) is 11.9. The van der Waals surface area contributed by atoms with Gasteiger partial charge in [-0.15, -0.1) is 0 Å². The van der Waals surface area contributed by atoms with Crippen molar-refractivity contribution in [1.82, 2.24) is 9.13 Å². The smallest absolute Gasteiger partial charge is 0.295 e. The van der Waals surface area contributed by atoms with Crippen LogP contribution in [0.15, 0.2) is 22.0 Å². The molecule has 0 spiro atoms. The van der Waals surface area contributed by atoms with Gasteiger partial charge in [0.15, 0.2) is 0 Å². The lowest BCUT2D eigenvalue weighted by atomic mass is 10.2. The highest BCUT2D eigenvalue weighted by Crippen LogP contribution is 2.22. The number of anilines is 1. The van der Waals surface area contributed by atoms with Crippen molar-refractivity contribution >= 4 is 22.4 Å². The van der Waals surface area contributed by atoms with Crippen molar-refractivity contribution in [2.75, 3.05) is 5.43 Å². The molecule has 0 bridgehead atoms. The van der Waals surface area contributed by atoms with Gasteiger partial charge in [-0.25, -0.2) is 4.79 Å². The molecule has 7 nitrogen and oxygen atoms in total. The van der Waals surface area contributed by atoms with Crippen LogP contribution in [-0.4, -0.2) is 14.8 Å². The highest BCUT2D eigenvalue weighted by atomic mass is 16.1. The monoisotopic (exact) mass is 268 g/mol. The number of imidazole rings is 1. The molecule has 0 amide bonds. The summed E-state index contributed by atoms with van der Waals surface area (Å²) < 4.78 is 3.09. The van der Waals surface area contributed by atoms with Gasteiger partial charge in [0.25, 0.3) is 0 Å². The van der Waals surface area contributed by atoms with Gasteiger partial charge in [-0.3, -0.25) is 14.6 Å². The van der Waals surface area contributed by atoms with Gasteiger partial charge in [0.1, 0.15) is 12.1 Å². The maximum Gasteiger partial charge on any atom is 0.328 e. The van der Waals surface area contributed by atoms with Crippen LogP contribution in [0, 0.1) is 29.6 Å². The number of hydrogen-bond acceptors (Lipinski definition) is 5. The summed E-state index contributed by atoms with van der Waals surface area (Å²) in [7, 11) is 3.39. The van der Waals surface area contributed by atoms with Crippen LogP contribution in [0.1, 0.15) is 5.56 Å². The lowest BCUT2D eigenvalue weighted by molar-refractivity contribution is 0.795. The average molecular weight is 268 g/mol. The number of hydrogen-bond donors (Lipinski definition) is 1. The van der Waals surface area contributed by atoms with Crippen LogP contribution in [0.2, 0.25) is 0 Å². The normalized spacial score (nSPS) is 9.85. The minimum absolute atomic E-state index is 0.116. The maximum atomic E-state index is 11.9. The molecular weight excluding hydrogens is 256 g/mol. The molecule has 0 unspecified atom stereocenters. The molecule has 0 radical (unpaired) electrons. The van der Waals surface area contributed by atoms with Crippen LogP contribution in [0.3, 0.4) is 0 Å². The zero-order valence-corrected chi connectivity index (χ0v) is 11.3. The van der Waals surface area contributed by atoms with E-state index in [0.29, 0.717) is 5.69 Å². The fraction of sp³-hybridized carbons (Fsp3) is 0.231. The molecule has 0 saturated heterocycles. The van der Waals surface area contributed by atoms with Crippen LogP contribution in [0.25, 0.3) is 11.0 Å². The van der Waals surface area contributed by atoms with E-state index in [0.717, 1.165) is 16.6 Å². The lowest BCUT2D eigenvalue weighted by Gasteiger charge is -2.06. The summed E-state index contributed by atoms with van der Waals surface area (Å²) in [5.74, 6) is 0. The summed E-state index contributed by atoms with van der Waals surface area (Å²) in [6, 6.07) is 6.96. The Bertz CT molecular complexity index is 840. The van der Waals surface area contributed by atoms with Crippen LogP contribution >= 0.6 is 0 Å². The molecule has 0 atom stereocenters. The highest BCUT2D eigenvalue weighted by molar-refractivity contribution is 6.10. The Labute approximate surface area is 115 Å². The van der Waals surface area contributed by atoms with Crippen LogP contribution in [0.4, 0.5) is 5.69 Å². The SMILES string of the molecule is Cc1cc2c(cc1NN=C(C#N)C#N)n(C)c(=O)n2C. The zero-order chi connectivity index (χ0) is 14.9. The summed E-state index contributed by atoms with van der Waals surface area (Å²) >= 11 is 0. The lowest BCUT2D eigenvalue weighted by Crippen LogP contribution is -2.19. The molecule has 1 aromatic heterocycles. The zero-order valence-electron chi connectivity index (χ0n) is 11.3. The Kier molecular flexibility index (Phi) is 3.28. The third-order valence-corrected chi connectivity index (χ3v) is 3.12. The molecule has 2 aromatic rings. The van der Waals surface area contributed by atoms with Gasteiger partial charge in [-0.05, 0) is 24.6 Å². The number of nitriles is 2. The van der Waals surface area contributed by atoms with E-state index in [1.807, 2.05) is 13.0 Å². The molecule has 2 rings (SSSR count). The van der Waals surface area contributed by atoms with Crippen molar-refractivity contribution < 1.29 is 0 Å². The van der Waals surface area contributed by atoms with Crippen molar-refractivity contribution in [1.29, 1.82) is 10.5 Å². The second-order valence-electron chi connectivity index (χ2n) is 4.35. The molecule has 0 aliphatic heterocycles. The minimum Gasteiger partial charge on any atom is -0.295 e. The van der Waals surface area contributed by atoms with Crippen molar-refractivity contribution in [3.05, 3.63) is 28.2 Å².